The van der Waals surface area contributed by atoms with Gasteiger partial charge in [-0.1, -0.05) is 43.2 Å². The minimum absolute atomic E-state index is 0.153. The van der Waals surface area contributed by atoms with Crippen molar-refractivity contribution in [2.75, 3.05) is 5.32 Å². The third kappa shape index (κ3) is 7.35. The number of benzene rings is 3. The quantitative estimate of drug-likeness (QED) is 0.398. The summed E-state index contributed by atoms with van der Waals surface area (Å²) >= 11 is 0. The maximum atomic E-state index is 13.1. The van der Waals surface area contributed by atoms with Crippen LogP contribution in [0.4, 0.5) is 5.69 Å². The van der Waals surface area contributed by atoms with Crippen LogP contribution in [0.1, 0.15) is 44.6 Å². The van der Waals surface area contributed by atoms with Gasteiger partial charge in [-0.15, -0.1) is 0 Å². The molecule has 0 spiro atoms. The van der Waals surface area contributed by atoms with Gasteiger partial charge in [0.1, 0.15) is 16.8 Å². The van der Waals surface area contributed by atoms with E-state index < -0.39 is 17.0 Å². The van der Waals surface area contributed by atoms with E-state index in [0.717, 1.165) is 30.0 Å². The highest BCUT2D eigenvalue weighted by molar-refractivity contribution is 7.83. The van der Waals surface area contributed by atoms with Gasteiger partial charge >= 0.3 is 0 Å². The van der Waals surface area contributed by atoms with Crippen LogP contribution in [0.3, 0.4) is 0 Å². The lowest BCUT2D eigenvalue weighted by Gasteiger charge is -2.18. The lowest BCUT2D eigenvalue weighted by Crippen LogP contribution is -2.41. The molecule has 2 N–H and O–H groups in total. The van der Waals surface area contributed by atoms with Crippen LogP contribution >= 0.6 is 0 Å². The highest BCUT2D eigenvalue weighted by Gasteiger charge is 2.21. The van der Waals surface area contributed by atoms with Crippen molar-refractivity contribution in [2.24, 2.45) is 0 Å². The number of Topliss-reactive ketones (excluding diaryl/α,β-unsaturated/α-hetero) is 1. The van der Waals surface area contributed by atoms with E-state index in [1.54, 1.807) is 31.2 Å². The molecule has 0 aliphatic rings. The molecule has 1 amide bonds. The van der Waals surface area contributed by atoms with Gasteiger partial charge in [0, 0.05) is 12.1 Å². The molecular weight excluding hydrogens is 434 g/mol. The van der Waals surface area contributed by atoms with Gasteiger partial charge in [-0.3, -0.25) is 4.79 Å². The molecule has 3 aromatic carbocycles. The van der Waals surface area contributed by atoms with Crippen molar-refractivity contribution in [3.8, 4) is 6.07 Å². The average Bonchev–Trinajstić information content (AvgIpc) is 2.82. The van der Waals surface area contributed by atoms with Crippen molar-refractivity contribution in [3.05, 3.63) is 72.3 Å². The second-order valence-electron chi connectivity index (χ2n) is 7.93. The predicted octanol–water partition coefficient (Wildman–Crippen LogP) is 4.87. The van der Waals surface area contributed by atoms with Gasteiger partial charge in [-0.25, -0.2) is 8.93 Å². The van der Waals surface area contributed by atoms with E-state index in [-0.39, 0.29) is 11.7 Å². The molecule has 1 unspecified atom stereocenters. The molecule has 33 heavy (non-hydrogen) atoms. The van der Waals surface area contributed by atoms with Crippen LogP contribution in [0.2, 0.25) is 0 Å². The minimum atomic E-state index is -1.61. The van der Waals surface area contributed by atoms with Crippen molar-refractivity contribution in [2.45, 2.75) is 50.0 Å². The second kappa shape index (κ2) is 12.0. The number of nitrogens with zero attached hydrogens (tertiary/aromatic N) is 1. The zero-order valence-corrected chi connectivity index (χ0v) is 19.4. The van der Waals surface area contributed by atoms with Crippen LogP contribution in [-0.4, -0.2) is 21.9 Å². The highest BCUT2D eigenvalue weighted by atomic mass is 32.2. The molecule has 0 aliphatic carbocycles. The first kappa shape index (κ1) is 24.3. The van der Waals surface area contributed by atoms with Crippen molar-refractivity contribution >= 4 is 39.1 Å². The fourth-order valence-corrected chi connectivity index (χ4v) is 4.49. The van der Waals surface area contributed by atoms with Crippen molar-refractivity contribution < 1.29 is 13.8 Å². The number of fused-ring (bicyclic) bond motifs is 1. The first-order valence-electron chi connectivity index (χ1n) is 10.9. The van der Waals surface area contributed by atoms with Crippen molar-refractivity contribution in [1.29, 1.82) is 5.26 Å². The molecule has 170 valence electrons. The SMILES string of the molecule is CC(=O)CCCCC[C@H](NS(=O)c1ccc(C#N)cc1)C(=O)Nc1ccc2ccccc2c1. The number of carbonyl (C=O) groups excluding carboxylic acids is 2. The van der Waals surface area contributed by atoms with E-state index in [4.69, 9.17) is 5.26 Å². The van der Waals surface area contributed by atoms with Crippen LogP contribution in [0.25, 0.3) is 10.8 Å². The topological polar surface area (TPSA) is 99.1 Å². The summed E-state index contributed by atoms with van der Waals surface area (Å²) in [5, 5.41) is 14.0. The summed E-state index contributed by atoms with van der Waals surface area (Å²) in [4.78, 5) is 24.7. The predicted molar refractivity (Wildman–Crippen MR) is 131 cm³/mol. The Morgan fingerprint density at radius 3 is 2.39 bits per heavy atom. The Balaban J connectivity index is 1.69. The first-order chi connectivity index (χ1) is 16.0. The van der Waals surface area contributed by atoms with Gasteiger partial charge < -0.3 is 10.1 Å². The van der Waals surface area contributed by atoms with Crippen LogP contribution in [0, 0.1) is 11.3 Å². The molecule has 0 aliphatic heterocycles. The Bertz CT molecular complexity index is 1190. The van der Waals surface area contributed by atoms with Gasteiger partial charge in [0.2, 0.25) is 5.91 Å². The van der Waals surface area contributed by atoms with E-state index >= 15 is 0 Å². The number of hydrogen-bond donors (Lipinski definition) is 2. The van der Waals surface area contributed by atoms with Gasteiger partial charge in [0.15, 0.2) is 0 Å². The summed E-state index contributed by atoms with van der Waals surface area (Å²) in [5.41, 5.74) is 1.15. The number of unbranched alkanes of at least 4 members (excludes halogenated alkanes) is 2. The van der Waals surface area contributed by atoms with E-state index in [2.05, 4.69) is 10.0 Å². The molecule has 0 saturated carbocycles. The lowest BCUT2D eigenvalue weighted by atomic mass is 10.1. The number of nitrogens with one attached hydrogen (secondary N) is 2. The minimum Gasteiger partial charge on any atom is -0.325 e. The van der Waals surface area contributed by atoms with Gasteiger partial charge in [0.05, 0.1) is 22.6 Å². The number of hydrogen-bond acceptors (Lipinski definition) is 4. The summed E-state index contributed by atoms with van der Waals surface area (Å²) < 4.78 is 15.8. The molecule has 6 nitrogen and oxygen atoms in total. The molecule has 3 rings (SSSR count). The Morgan fingerprint density at radius 1 is 0.970 bits per heavy atom. The highest BCUT2D eigenvalue weighted by Crippen LogP contribution is 2.20. The van der Waals surface area contributed by atoms with E-state index in [1.165, 1.54) is 0 Å². The molecule has 0 fully saturated rings. The Labute approximate surface area is 196 Å². The summed E-state index contributed by atoms with van der Waals surface area (Å²) in [6, 6.07) is 21.4. The summed E-state index contributed by atoms with van der Waals surface area (Å²) in [7, 11) is -1.61. The van der Waals surface area contributed by atoms with Crippen LogP contribution in [0.5, 0.6) is 0 Å². The standard InChI is InChI=1S/C26H27N3O3S/c1-19(30)7-3-2-4-10-25(29-33(32)24-15-11-20(18-27)12-16-24)26(31)28-23-14-13-21-8-5-6-9-22(21)17-23/h5-6,8-9,11-17,25,29H,2-4,7,10H2,1H3,(H,28,31)/t25-,33?/m0/s1. The smallest absolute Gasteiger partial charge is 0.242 e. The third-order valence-corrected chi connectivity index (χ3v) is 6.50. The molecule has 0 heterocycles. The zero-order chi connectivity index (χ0) is 23.6. The van der Waals surface area contributed by atoms with Crippen molar-refractivity contribution in [1.82, 2.24) is 4.72 Å². The molecule has 2 atom stereocenters. The fraction of sp³-hybridized carbons (Fsp3) is 0.269. The number of nitriles is 1. The molecule has 0 aromatic heterocycles. The number of carbonyl (C=O) groups is 2. The molecular formula is C26H27N3O3S. The number of ketones is 1. The zero-order valence-electron chi connectivity index (χ0n) is 18.5. The summed E-state index contributed by atoms with van der Waals surface area (Å²) in [6.45, 7) is 1.57. The number of rotatable bonds is 11. The molecule has 0 radical (unpaired) electrons. The normalized spacial score (nSPS) is 12.6. The van der Waals surface area contributed by atoms with E-state index in [1.807, 2.05) is 48.5 Å². The van der Waals surface area contributed by atoms with E-state index in [9.17, 15) is 13.8 Å². The van der Waals surface area contributed by atoms with E-state index in [0.29, 0.717) is 29.0 Å². The number of anilines is 1. The first-order valence-corrected chi connectivity index (χ1v) is 12.1. The van der Waals surface area contributed by atoms with Crippen molar-refractivity contribution in [3.63, 3.8) is 0 Å². The van der Waals surface area contributed by atoms with Gasteiger partial charge in [-0.2, -0.15) is 5.26 Å². The molecule has 7 heteroatoms. The Morgan fingerprint density at radius 2 is 1.70 bits per heavy atom. The molecule has 3 aromatic rings. The Hall–Kier alpha value is -3.34. The molecule has 0 saturated heterocycles. The summed E-state index contributed by atoms with van der Waals surface area (Å²) in [6.07, 6.45) is 3.32. The largest absolute Gasteiger partial charge is 0.325 e. The van der Waals surface area contributed by atoms with Crippen LogP contribution in [-0.2, 0) is 20.6 Å². The number of amides is 1. The third-order valence-electron chi connectivity index (χ3n) is 5.30. The molecule has 0 bridgehead atoms. The average molecular weight is 462 g/mol. The monoisotopic (exact) mass is 461 g/mol. The fourth-order valence-electron chi connectivity index (χ4n) is 3.49. The van der Waals surface area contributed by atoms with Gasteiger partial charge in [0.25, 0.3) is 0 Å². The Kier molecular flexibility index (Phi) is 8.87. The lowest BCUT2D eigenvalue weighted by molar-refractivity contribution is -0.118. The maximum absolute atomic E-state index is 13.1. The second-order valence-corrected chi connectivity index (χ2v) is 9.17. The van der Waals surface area contributed by atoms with Crippen LogP contribution in [0.15, 0.2) is 71.6 Å². The van der Waals surface area contributed by atoms with Crippen LogP contribution < -0.4 is 10.0 Å². The summed E-state index contributed by atoms with van der Waals surface area (Å²) in [5.74, 6) is -0.112. The van der Waals surface area contributed by atoms with Gasteiger partial charge in [-0.05, 0) is 66.9 Å². The maximum Gasteiger partial charge on any atom is 0.242 e.